The standard InChI is InChI=1S/C8H13.C5H7O2/c1-2-8-6-4-3-5-7-8;1-4(2)5(6)7-3/h6H,1-5,7H2;1,3H2,2H3. The van der Waals surface area contributed by atoms with Crippen LogP contribution in [0.1, 0.15) is 39.0 Å². The molecule has 0 spiro atoms. The molecule has 0 saturated heterocycles. The molecule has 0 aromatic rings. The highest BCUT2D eigenvalue weighted by Gasteiger charge is 1.98. The summed E-state index contributed by atoms with van der Waals surface area (Å²) in [4.78, 5) is 10.1. The smallest absolute Gasteiger partial charge is 0.333 e. The van der Waals surface area contributed by atoms with Crippen molar-refractivity contribution >= 4 is 5.97 Å². The van der Waals surface area contributed by atoms with Gasteiger partial charge in [-0.15, -0.1) is 0 Å². The van der Waals surface area contributed by atoms with Gasteiger partial charge in [-0.05, 0) is 46.0 Å². The molecule has 84 valence electrons. The highest BCUT2D eigenvalue weighted by Crippen LogP contribution is 2.18. The summed E-state index contributed by atoms with van der Waals surface area (Å²) in [5.74, 6) is -0.458. The molecule has 2 heteroatoms. The highest BCUT2D eigenvalue weighted by atomic mass is 16.5. The molecule has 15 heavy (non-hydrogen) atoms. The molecule has 0 saturated carbocycles. The number of hydrogen-bond donors (Lipinski definition) is 0. The van der Waals surface area contributed by atoms with Gasteiger partial charge in [0.2, 0.25) is 0 Å². The molecule has 2 radical (unpaired) electrons. The van der Waals surface area contributed by atoms with E-state index in [0.717, 1.165) is 6.42 Å². The van der Waals surface area contributed by atoms with Crippen molar-refractivity contribution in [3.05, 3.63) is 37.8 Å². The molecular formula is C13H20O2. The van der Waals surface area contributed by atoms with E-state index in [1.165, 1.54) is 25.7 Å². The molecule has 0 amide bonds. The molecule has 1 rings (SSSR count). The zero-order chi connectivity index (χ0) is 11.7. The van der Waals surface area contributed by atoms with Crippen molar-refractivity contribution in [2.45, 2.75) is 39.0 Å². The van der Waals surface area contributed by atoms with Crippen molar-refractivity contribution in [3.8, 4) is 0 Å². The van der Waals surface area contributed by atoms with Crippen LogP contribution in [-0.4, -0.2) is 5.97 Å². The second-order valence-electron chi connectivity index (χ2n) is 3.57. The van der Waals surface area contributed by atoms with Crippen LogP contribution < -0.4 is 0 Å². The Kier molecular flexibility index (Phi) is 7.69. The maximum Gasteiger partial charge on any atom is 0.333 e. The normalized spacial score (nSPS) is 14.5. The minimum absolute atomic E-state index is 0.370. The first kappa shape index (κ1) is 13.9. The van der Waals surface area contributed by atoms with Crippen LogP contribution in [0.25, 0.3) is 0 Å². The maximum atomic E-state index is 10.1. The molecule has 1 aliphatic carbocycles. The Balaban J connectivity index is 0.000000265. The molecule has 0 heterocycles. The number of esters is 1. The van der Waals surface area contributed by atoms with Gasteiger partial charge in [0, 0.05) is 5.57 Å². The maximum absolute atomic E-state index is 10.1. The van der Waals surface area contributed by atoms with Crippen LogP contribution in [0.4, 0.5) is 0 Å². The van der Waals surface area contributed by atoms with Crippen LogP contribution in [0.2, 0.25) is 0 Å². The van der Waals surface area contributed by atoms with Gasteiger partial charge < -0.3 is 4.74 Å². The van der Waals surface area contributed by atoms with Gasteiger partial charge >= 0.3 is 5.97 Å². The summed E-state index contributed by atoms with van der Waals surface area (Å²) in [5, 5.41) is 0. The first-order valence-corrected chi connectivity index (χ1v) is 5.20. The molecule has 2 nitrogen and oxygen atoms in total. The fraction of sp³-hybridized carbons (Fsp3) is 0.462. The van der Waals surface area contributed by atoms with E-state index >= 15 is 0 Å². The third-order valence-electron chi connectivity index (χ3n) is 2.19. The highest BCUT2D eigenvalue weighted by molar-refractivity contribution is 5.86. The second kappa shape index (κ2) is 8.27. The van der Waals surface area contributed by atoms with Crippen molar-refractivity contribution in [3.63, 3.8) is 0 Å². The zero-order valence-electron chi connectivity index (χ0n) is 9.55. The lowest BCUT2D eigenvalue weighted by atomic mass is 9.98. The van der Waals surface area contributed by atoms with Gasteiger partial charge in [0.1, 0.15) is 7.11 Å². The Morgan fingerprint density at radius 1 is 1.53 bits per heavy atom. The first-order chi connectivity index (χ1) is 7.11. The van der Waals surface area contributed by atoms with E-state index in [9.17, 15) is 4.79 Å². The van der Waals surface area contributed by atoms with E-state index in [-0.39, 0.29) is 0 Å². The number of carbonyl (C=O) groups excluding carboxylic acids is 1. The minimum atomic E-state index is -0.458. The molecule has 0 aromatic carbocycles. The number of ether oxygens (including phenoxy) is 1. The average molecular weight is 208 g/mol. The van der Waals surface area contributed by atoms with E-state index in [1.807, 2.05) is 0 Å². The summed E-state index contributed by atoms with van der Waals surface area (Å²) in [6.45, 7) is 8.72. The van der Waals surface area contributed by atoms with Gasteiger partial charge in [0.05, 0.1) is 0 Å². The van der Waals surface area contributed by atoms with Gasteiger partial charge in [-0.25, -0.2) is 4.79 Å². The number of rotatable bonds is 2. The van der Waals surface area contributed by atoms with Crippen molar-refractivity contribution in [1.29, 1.82) is 0 Å². The summed E-state index contributed by atoms with van der Waals surface area (Å²) < 4.78 is 4.02. The molecular weight excluding hydrogens is 188 g/mol. The lowest BCUT2D eigenvalue weighted by molar-refractivity contribution is -0.133. The summed E-state index contributed by atoms with van der Waals surface area (Å²) in [6.07, 6.45) is 8.76. The molecule has 0 aliphatic heterocycles. The van der Waals surface area contributed by atoms with Gasteiger partial charge in [0.25, 0.3) is 0 Å². The second-order valence-corrected chi connectivity index (χ2v) is 3.57. The minimum Gasteiger partial charge on any atom is -0.459 e. The molecule has 1 aliphatic rings. The predicted octanol–water partition coefficient (Wildman–Crippen LogP) is 3.61. The Bertz CT molecular complexity index is 239. The van der Waals surface area contributed by atoms with Gasteiger partial charge in [0.15, 0.2) is 0 Å². The Morgan fingerprint density at radius 3 is 2.40 bits per heavy atom. The Hall–Kier alpha value is -1.05. The summed E-state index contributed by atoms with van der Waals surface area (Å²) in [6, 6.07) is 0. The molecule has 0 N–H and O–H groups in total. The number of carbonyl (C=O) groups is 1. The van der Waals surface area contributed by atoms with Crippen LogP contribution >= 0.6 is 0 Å². The number of hydrogen-bond acceptors (Lipinski definition) is 2. The van der Waals surface area contributed by atoms with Crippen LogP contribution in [0.15, 0.2) is 23.8 Å². The quantitative estimate of drug-likeness (QED) is 0.393. The lowest BCUT2D eigenvalue weighted by Gasteiger charge is -2.08. The molecule has 0 atom stereocenters. The molecule has 0 unspecified atom stereocenters. The van der Waals surface area contributed by atoms with E-state index in [2.05, 4.69) is 31.4 Å². The van der Waals surface area contributed by atoms with Crippen molar-refractivity contribution in [1.82, 2.24) is 0 Å². The molecule has 0 aromatic heterocycles. The van der Waals surface area contributed by atoms with Crippen molar-refractivity contribution in [2.75, 3.05) is 0 Å². The summed E-state index contributed by atoms with van der Waals surface area (Å²) in [7, 11) is 2.90. The zero-order valence-corrected chi connectivity index (χ0v) is 9.55. The largest absolute Gasteiger partial charge is 0.459 e. The van der Waals surface area contributed by atoms with Crippen LogP contribution in [0.3, 0.4) is 0 Å². The average Bonchev–Trinajstić information content (AvgIpc) is 2.29. The monoisotopic (exact) mass is 208 g/mol. The number of allylic oxidation sites excluding steroid dienone is 2. The van der Waals surface area contributed by atoms with E-state index < -0.39 is 5.97 Å². The fourth-order valence-electron chi connectivity index (χ4n) is 1.25. The fourth-order valence-corrected chi connectivity index (χ4v) is 1.25. The topological polar surface area (TPSA) is 26.3 Å². The molecule has 0 bridgehead atoms. The predicted molar refractivity (Wildman–Crippen MR) is 62.8 cm³/mol. The van der Waals surface area contributed by atoms with Crippen LogP contribution in [0, 0.1) is 14.0 Å². The van der Waals surface area contributed by atoms with E-state index in [1.54, 1.807) is 12.5 Å². The Labute approximate surface area is 93.0 Å². The summed E-state index contributed by atoms with van der Waals surface area (Å²) >= 11 is 0. The third-order valence-corrected chi connectivity index (χ3v) is 2.19. The van der Waals surface area contributed by atoms with Crippen molar-refractivity contribution < 1.29 is 9.53 Å². The van der Waals surface area contributed by atoms with Gasteiger partial charge in [-0.2, -0.15) is 0 Å². The first-order valence-electron chi connectivity index (χ1n) is 5.20. The SMILES string of the molecule is [CH2]CC1=CCCCC1.[CH2]OC(=O)C(=C)C. The van der Waals surface area contributed by atoms with E-state index in [0.29, 0.717) is 5.57 Å². The van der Waals surface area contributed by atoms with Gasteiger partial charge in [-0.3, -0.25) is 0 Å². The van der Waals surface area contributed by atoms with Crippen LogP contribution in [-0.2, 0) is 9.53 Å². The van der Waals surface area contributed by atoms with Crippen LogP contribution in [0.5, 0.6) is 0 Å². The molecule has 0 fully saturated rings. The van der Waals surface area contributed by atoms with E-state index in [4.69, 9.17) is 0 Å². The van der Waals surface area contributed by atoms with Crippen molar-refractivity contribution in [2.24, 2.45) is 0 Å². The summed E-state index contributed by atoms with van der Waals surface area (Å²) in [5.41, 5.74) is 1.94. The third kappa shape index (κ3) is 6.95. The van der Waals surface area contributed by atoms with Gasteiger partial charge in [-0.1, -0.05) is 18.2 Å². The lowest BCUT2D eigenvalue weighted by Crippen LogP contribution is -1.97. The Morgan fingerprint density at radius 2 is 2.20 bits per heavy atom.